The van der Waals surface area contributed by atoms with Gasteiger partial charge in [0.05, 0.1) is 17.5 Å². The number of benzene rings is 1. The average Bonchev–Trinajstić information content (AvgIpc) is 3.08. The first-order valence-electron chi connectivity index (χ1n) is 10.4. The molecule has 0 aliphatic heterocycles. The lowest BCUT2D eigenvalue weighted by atomic mass is 9.70. The minimum Gasteiger partial charge on any atom is -0.481 e. The van der Waals surface area contributed by atoms with E-state index in [2.05, 4.69) is 43.2 Å². The quantitative estimate of drug-likeness (QED) is 0.588. The highest BCUT2D eigenvalue weighted by molar-refractivity contribution is 5.80. The average molecular weight is 398 g/mol. The smallest absolute Gasteiger partial charge is 0.303 e. The third-order valence-corrected chi connectivity index (χ3v) is 6.06. The number of H-pyrrole nitrogens is 1. The molecule has 3 unspecified atom stereocenters. The predicted octanol–water partition coefficient (Wildman–Crippen LogP) is 3.94. The number of aliphatic carboxylic acids is 1. The maximum Gasteiger partial charge on any atom is 0.303 e. The van der Waals surface area contributed by atoms with Crippen molar-refractivity contribution in [1.29, 1.82) is 0 Å². The monoisotopic (exact) mass is 397 g/mol. The number of imidazole rings is 1. The van der Waals surface area contributed by atoms with Crippen LogP contribution in [0.2, 0.25) is 0 Å². The van der Waals surface area contributed by atoms with Crippen LogP contribution in [0.15, 0.2) is 35.9 Å². The van der Waals surface area contributed by atoms with Crippen molar-refractivity contribution >= 4 is 22.9 Å². The number of nitrogens with zero attached hydrogens (tertiary/aromatic N) is 1. The molecule has 0 radical (unpaired) electrons. The summed E-state index contributed by atoms with van der Waals surface area (Å²) in [6.45, 7) is 7.20. The molecule has 1 heterocycles. The summed E-state index contributed by atoms with van der Waals surface area (Å²) in [4.78, 5) is 30.7. The van der Waals surface area contributed by atoms with Gasteiger partial charge < -0.3 is 15.4 Å². The number of fused-ring (bicyclic) bond motifs is 1. The molecule has 0 fully saturated rings. The van der Waals surface area contributed by atoms with E-state index in [1.807, 2.05) is 18.2 Å². The van der Waals surface area contributed by atoms with Crippen LogP contribution in [0.25, 0.3) is 11.0 Å². The Morgan fingerprint density at radius 1 is 1.28 bits per heavy atom. The molecule has 0 saturated carbocycles. The lowest BCUT2D eigenvalue weighted by Crippen LogP contribution is -2.37. The van der Waals surface area contributed by atoms with Gasteiger partial charge >= 0.3 is 5.97 Å². The second kappa shape index (κ2) is 9.25. The van der Waals surface area contributed by atoms with Crippen LogP contribution in [0.1, 0.15) is 45.9 Å². The van der Waals surface area contributed by atoms with E-state index in [1.165, 1.54) is 5.57 Å². The van der Waals surface area contributed by atoms with Crippen molar-refractivity contribution in [2.75, 3.05) is 6.54 Å². The second-order valence-electron chi connectivity index (χ2n) is 8.52. The highest BCUT2D eigenvalue weighted by Gasteiger charge is 2.32. The van der Waals surface area contributed by atoms with Crippen LogP contribution in [0, 0.1) is 23.7 Å². The molecule has 2 aromatic rings. The molecule has 1 aromatic heterocycles. The molecular weight excluding hydrogens is 366 g/mol. The van der Waals surface area contributed by atoms with Crippen LogP contribution in [0.5, 0.6) is 0 Å². The van der Waals surface area contributed by atoms with Gasteiger partial charge in [-0.3, -0.25) is 9.59 Å². The van der Waals surface area contributed by atoms with Gasteiger partial charge in [-0.15, -0.1) is 0 Å². The normalized spacial score (nSPS) is 21.9. The molecule has 0 spiro atoms. The number of rotatable bonds is 8. The maximum atomic E-state index is 11.9. The van der Waals surface area contributed by atoms with E-state index in [4.69, 9.17) is 10.1 Å². The second-order valence-corrected chi connectivity index (χ2v) is 8.52. The van der Waals surface area contributed by atoms with Crippen LogP contribution >= 0.6 is 0 Å². The van der Waals surface area contributed by atoms with Crippen molar-refractivity contribution in [3.05, 3.63) is 41.7 Å². The van der Waals surface area contributed by atoms with Gasteiger partial charge in [-0.05, 0) is 49.1 Å². The number of amides is 1. The molecule has 1 amide bonds. The Balaban J connectivity index is 1.66. The van der Waals surface area contributed by atoms with E-state index >= 15 is 0 Å². The van der Waals surface area contributed by atoms with Crippen molar-refractivity contribution in [1.82, 2.24) is 15.3 Å². The Morgan fingerprint density at radius 3 is 2.72 bits per heavy atom. The van der Waals surface area contributed by atoms with Crippen LogP contribution < -0.4 is 5.32 Å². The highest BCUT2D eigenvalue weighted by atomic mass is 16.4. The van der Waals surface area contributed by atoms with Gasteiger partial charge in [0.15, 0.2) is 0 Å². The zero-order chi connectivity index (χ0) is 21.0. The summed E-state index contributed by atoms with van der Waals surface area (Å²) in [5.41, 5.74) is 3.41. The Hall–Kier alpha value is -2.63. The predicted molar refractivity (Wildman–Crippen MR) is 113 cm³/mol. The first kappa shape index (κ1) is 21.1. The maximum absolute atomic E-state index is 11.9. The van der Waals surface area contributed by atoms with E-state index in [0.717, 1.165) is 29.7 Å². The van der Waals surface area contributed by atoms with Crippen LogP contribution in [0.4, 0.5) is 0 Å². The number of nitrogens with one attached hydrogen (secondary N) is 2. The van der Waals surface area contributed by atoms with Gasteiger partial charge in [-0.1, -0.05) is 37.6 Å². The molecule has 3 N–H and O–H groups in total. The minimum atomic E-state index is -0.943. The van der Waals surface area contributed by atoms with E-state index in [9.17, 15) is 9.59 Å². The third-order valence-electron chi connectivity index (χ3n) is 6.06. The number of carboxylic acid groups (broad SMARTS) is 1. The highest BCUT2D eigenvalue weighted by Crippen LogP contribution is 2.38. The molecular formula is C23H31N3O3. The van der Waals surface area contributed by atoms with Gasteiger partial charge in [0, 0.05) is 19.4 Å². The first-order valence-corrected chi connectivity index (χ1v) is 10.4. The van der Waals surface area contributed by atoms with Crippen molar-refractivity contribution in [3.8, 4) is 0 Å². The van der Waals surface area contributed by atoms with Crippen molar-refractivity contribution in [3.63, 3.8) is 0 Å². The number of para-hydroxylation sites is 2. The van der Waals surface area contributed by atoms with Crippen LogP contribution in [0.3, 0.4) is 0 Å². The van der Waals surface area contributed by atoms with Gasteiger partial charge in [0.1, 0.15) is 5.82 Å². The van der Waals surface area contributed by atoms with E-state index in [-0.39, 0.29) is 24.7 Å². The zero-order valence-corrected chi connectivity index (χ0v) is 17.4. The summed E-state index contributed by atoms with van der Waals surface area (Å²) >= 11 is 0. The van der Waals surface area contributed by atoms with Crippen molar-refractivity contribution < 1.29 is 14.7 Å². The molecule has 0 saturated heterocycles. The molecule has 6 heteroatoms. The number of carbonyl (C=O) groups excluding carboxylic acids is 1. The summed E-state index contributed by atoms with van der Waals surface area (Å²) in [7, 11) is 0. The molecule has 6 nitrogen and oxygen atoms in total. The van der Waals surface area contributed by atoms with Gasteiger partial charge in [0.2, 0.25) is 5.91 Å². The van der Waals surface area contributed by atoms with Gasteiger partial charge in [-0.25, -0.2) is 4.98 Å². The lowest BCUT2D eigenvalue weighted by molar-refractivity contribution is -0.138. The Morgan fingerprint density at radius 2 is 2.03 bits per heavy atom. The number of aromatic amines is 1. The van der Waals surface area contributed by atoms with E-state index in [1.54, 1.807) is 0 Å². The van der Waals surface area contributed by atoms with Gasteiger partial charge in [0.25, 0.3) is 0 Å². The molecule has 1 aliphatic carbocycles. The van der Waals surface area contributed by atoms with Crippen molar-refractivity contribution in [2.45, 2.75) is 46.5 Å². The summed E-state index contributed by atoms with van der Waals surface area (Å²) < 4.78 is 0. The molecule has 1 aromatic carbocycles. The molecule has 3 atom stereocenters. The summed E-state index contributed by atoms with van der Waals surface area (Å²) in [5.74, 6) is 1.56. The number of hydrogen-bond acceptors (Lipinski definition) is 3. The van der Waals surface area contributed by atoms with Crippen molar-refractivity contribution in [2.24, 2.45) is 23.7 Å². The zero-order valence-electron chi connectivity index (χ0n) is 17.4. The third kappa shape index (κ3) is 5.46. The van der Waals surface area contributed by atoms with Crippen LogP contribution in [-0.4, -0.2) is 33.5 Å². The fourth-order valence-corrected chi connectivity index (χ4v) is 4.38. The summed E-state index contributed by atoms with van der Waals surface area (Å²) in [6.07, 6.45) is 4.16. The van der Waals surface area contributed by atoms with Gasteiger partial charge in [-0.2, -0.15) is 0 Å². The minimum absolute atomic E-state index is 0.0335. The fraction of sp³-hybridized carbons (Fsp3) is 0.522. The lowest BCUT2D eigenvalue weighted by Gasteiger charge is -2.37. The Bertz CT molecular complexity index is 867. The van der Waals surface area contributed by atoms with Crippen LogP contribution in [-0.2, 0) is 16.0 Å². The van der Waals surface area contributed by atoms with E-state index < -0.39 is 5.97 Å². The number of hydrogen-bond donors (Lipinski definition) is 3. The number of carboxylic acids is 1. The Kier molecular flexibility index (Phi) is 6.72. The largest absolute Gasteiger partial charge is 0.481 e. The number of allylic oxidation sites excluding steroid dienone is 1. The number of carbonyl (C=O) groups is 2. The first-order chi connectivity index (χ1) is 13.8. The molecule has 1 aliphatic rings. The SMILES string of the molecule is CC1=CC(CNC(=O)CCC(=O)O)C(C(C)C)CC1Cc1nc2ccccc2[nH]1. The molecule has 0 bridgehead atoms. The number of aromatic nitrogens is 2. The standard InChI is InChI=1S/C23H31N3O3/c1-14(2)18-11-16(12-21-25-19-6-4-5-7-20(19)26-21)15(3)10-17(18)13-24-22(27)8-9-23(28)29/h4-7,10,14,16-18H,8-9,11-13H2,1-3H3,(H,24,27)(H,25,26)(H,28,29). The molecule has 3 rings (SSSR count). The fourth-order valence-electron chi connectivity index (χ4n) is 4.38. The molecule has 29 heavy (non-hydrogen) atoms. The Labute approximate surface area is 171 Å². The topological polar surface area (TPSA) is 95.1 Å². The van der Waals surface area contributed by atoms with E-state index in [0.29, 0.717) is 24.3 Å². The summed E-state index contributed by atoms with van der Waals surface area (Å²) in [5, 5.41) is 11.7. The molecule has 156 valence electrons. The summed E-state index contributed by atoms with van der Waals surface area (Å²) in [6, 6.07) is 8.09.